The van der Waals surface area contributed by atoms with Gasteiger partial charge >= 0.3 is 36.2 Å². The largest absolute Gasteiger partial charge is 0.489 e. The van der Waals surface area contributed by atoms with Crippen LogP contribution >= 0.6 is 0 Å². The first-order chi connectivity index (χ1) is 22.2. The Labute approximate surface area is 260 Å². The molecule has 0 saturated carbocycles. The molecule has 4 aromatic rings. The van der Waals surface area contributed by atoms with E-state index in [2.05, 4.69) is 9.47 Å². The van der Waals surface area contributed by atoms with Gasteiger partial charge in [0.1, 0.15) is 24.7 Å². The van der Waals surface area contributed by atoms with E-state index < -0.39 is 66.0 Å². The highest BCUT2D eigenvalue weighted by Crippen LogP contribution is 2.56. The van der Waals surface area contributed by atoms with E-state index in [0.717, 1.165) is 36.4 Å². The van der Waals surface area contributed by atoms with Gasteiger partial charge < -0.3 is 18.9 Å². The number of alkyl halides is 6. The molecule has 0 aromatic heterocycles. The number of ether oxygens (including phenoxy) is 4. The van der Waals surface area contributed by atoms with Crippen LogP contribution in [0.3, 0.4) is 0 Å². The molecule has 0 radical (unpaired) electrons. The number of fused-ring (bicyclic) bond motifs is 2. The molecular weight excluding hydrogens is 638 g/mol. The monoisotopic (exact) mass is 656 g/mol. The lowest BCUT2D eigenvalue weighted by Crippen LogP contribution is -2.54. The van der Waals surface area contributed by atoms with Gasteiger partial charge in [0.05, 0.1) is 22.3 Å². The summed E-state index contributed by atoms with van der Waals surface area (Å²) in [5.74, 6) is -3.50. The molecule has 0 fully saturated rings. The molecule has 6 rings (SSSR count). The number of carbonyl (C=O) groups excluding carboxylic acids is 4. The summed E-state index contributed by atoms with van der Waals surface area (Å²) in [5.41, 5.74) is -7.01. The van der Waals surface area contributed by atoms with E-state index in [1.165, 1.54) is 48.5 Å². The fourth-order valence-electron chi connectivity index (χ4n) is 5.41. The Morgan fingerprint density at radius 3 is 1.26 bits per heavy atom. The second-order valence-corrected chi connectivity index (χ2v) is 10.5. The fraction of sp³-hybridized carbons (Fsp3) is 0.152. The molecule has 0 N–H and O–H groups in total. The molecule has 2 aliphatic heterocycles. The van der Waals surface area contributed by atoms with Crippen LogP contribution in [0.5, 0.6) is 11.5 Å². The minimum atomic E-state index is -5.87. The summed E-state index contributed by atoms with van der Waals surface area (Å²) in [5, 5.41) is 0. The Kier molecular flexibility index (Phi) is 7.53. The number of rotatable bonds is 8. The molecule has 0 spiro atoms. The van der Waals surface area contributed by atoms with Crippen LogP contribution in [-0.2, 0) is 28.1 Å². The van der Waals surface area contributed by atoms with E-state index in [1.807, 2.05) is 0 Å². The quantitative estimate of drug-likeness (QED) is 0.115. The lowest BCUT2D eigenvalue weighted by molar-refractivity contribution is -0.288. The first-order valence-electron chi connectivity index (χ1n) is 13.6. The van der Waals surface area contributed by atoms with E-state index in [1.54, 1.807) is 0 Å². The summed E-state index contributed by atoms with van der Waals surface area (Å²) in [7, 11) is 0. The van der Waals surface area contributed by atoms with Crippen LogP contribution < -0.4 is 9.47 Å². The zero-order valence-electron chi connectivity index (χ0n) is 23.5. The van der Waals surface area contributed by atoms with Gasteiger partial charge in [-0.3, -0.25) is 0 Å². The zero-order valence-corrected chi connectivity index (χ0v) is 23.5. The normalized spacial score (nSPS) is 14.4. The molecule has 14 heteroatoms. The van der Waals surface area contributed by atoms with E-state index in [-0.39, 0.29) is 44.9 Å². The average molecular weight is 656 g/mol. The highest BCUT2D eigenvalue weighted by molar-refractivity contribution is 6.15. The van der Waals surface area contributed by atoms with Crippen molar-refractivity contribution < 1.29 is 64.5 Å². The summed E-state index contributed by atoms with van der Waals surface area (Å²) >= 11 is 0. The molecule has 47 heavy (non-hydrogen) atoms. The smallest absolute Gasteiger partial charge is 0.411 e. The third kappa shape index (κ3) is 5.45. The van der Waals surface area contributed by atoms with Crippen LogP contribution in [0.2, 0.25) is 0 Å². The molecule has 4 aromatic carbocycles. The Bertz CT molecular complexity index is 1820. The van der Waals surface area contributed by atoms with Gasteiger partial charge in [-0.1, -0.05) is 48.5 Å². The Morgan fingerprint density at radius 2 is 0.872 bits per heavy atom. The van der Waals surface area contributed by atoms with Crippen molar-refractivity contribution in [2.24, 2.45) is 0 Å². The van der Waals surface area contributed by atoms with Crippen molar-refractivity contribution in [2.75, 3.05) is 0 Å². The molecule has 0 aliphatic carbocycles. The molecule has 0 amide bonds. The Hall–Kier alpha value is -5.66. The van der Waals surface area contributed by atoms with E-state index in [4.69, 9.17) is 9.47 Å². The first-order valence-corrected chi connectivity index (χ1v) is 13.6. The molecule has 0 atom stereocenters. The number of halogens is 6. The number of cyclic esters (lactones) is 4. The van der Waals surface area contributed by atoms with Crippen molar-refractivity contribution in [2.45, 2.75) is 31.0 Å². The van der Waals surface area contributed by atoms with Crippen LogP contribution in [0.4, 0.5) is 26.3 Å². The Balaban J connectivity index is 1.30. The minimum absolute atomic E-state index is 0.00872. The summed E-state index contributed by atoms with van der Waals surface area (Å²) < 4.78 is 109. The topological polar surface area (TPSA) is 105 Å². The third-order valence-electron chi connectivity index (χ3n) is 7.61. The van der Waals surface area contributed by atoms with E-state index in [0.29, 0.717) is 0 Å². The minimum Gasteiger partial charge on any atom is -0.489 e. The van der Waals surface area contributed by atoms with Gasteiger partial charge in [0, 0.05) is 0 Å². The van der Waals surface area contributed by atoms with Crippen LogP contribution in [-0.4, -0.2) is 36.2 Å². The maximum Gasteiger partial charge on any atom is 0.411 e. The zero-order chi connectivity index (χ0) is 33.7. The lowest BCUT2D eigenvalue weighted by Gasteiger charge is -2.38. The molecule has 0 unspecified atom stereocenters. The molecule has 2 aliphatic rings. The van der Waals surface area contributed by atoms with Crippen molar-refractivity contribution in [1.29, 1.82) is 0 Å². The van der Waals surface area contributed by atoms with Crippen LogP contribution in [0, 0.1) is 0 Å². The molecule has 2 heterocycles. The predicted molar refractivity (Wildman–Crippen MR) is 147 cm³/mol. The molecule has 240 valence electrons. The second-order valence-electron chi connectivity index (χ2n) is 10.5. The summed E-state index contributed by atoms with van der Waals surface area (Å²) in [4.78, 5) is 47.0. The van der Waals surface area contributed by atoms with Gasteiger partial charge in [0.15, 0.2) is 0 Å². The van der Waals surface area contributed by atoms with Gasteiger partial charge in [-0.15, -0.1) is 0 Å². The van der Waals surface area contributed by atoms with Crippen molar-refractivity contribution in [3.05, 3.63) is 129 Å². The summed E-state index contributed by atoms with van der Waals surface area (Å²) in [6.07, 6.45) is -11.7. The molecular formula is C33H18F6O8. The van der Waals surface area contributed by atoms with Crippen molar-refractivity contribution in [3.63, 3.8) is 0 Å². The van der Waals surface area contributed by atoms with Crippen LogP contribution in [0.15, 0.2) is 84.9 Å². The molecule has 0 bridgehead atoms. The number of benzene rings is 4. The third-order valence-corrected chi connectivity index (χ3v) is 7.61. The number of hydrogen-bond donors (Lipinski definition) is 0. The molecule has 8 nitrogen and oxygen atoms in total. The Morgan fingerprint density at radius 1 is 0.489 bits per heavy atom. The van der Waals surface area contributed by atoms with E-state index in [9.17, 15) is 45.5 Å². The standard InChI is InChI=1S/C33H18F6O8/c34-32(35,36)31(33(37,38)39,19-5-1-3-17(11-19)15-44-21-7-9-23-25(13-21)29(42)46-27(23)40)20-6-2-4-18(12-20)16-45-22-8-10-24-26(14-22)30(43)47-28(24)41/h1-14H,15-16H2. The van der Waals surface area contributed by atoms with Crippen LogP contribution in [0.1, 0.15) is 63.7 Å². The SMILES string of the molecule is O=C1OC(=O)c2cc(OCc3cccc(C(c4cccc(COc5ccc6c(c5)C(=O)OC6=O)c4)(C(F)(F)F)C(F)(F)F)c3)ccc21. The fourth-order valence-corrected chi connectivity index (χ4v) is 5.41. The first kappa shape index (κ1) is 31.3. The van der Waals surface area contributed by atoms with Gasteiger partial charge in [-0.05, 0) is 58.7 Å². The predicted octanol–water partition coefficient (Wildman–Crippen LogP) is 6.88. The van der Waals surface area contributed by atoms with Gasteiger partial charge in [0.25, 0.3) is 0 Å². The van der Waals surface area contributed by atoms with Crippen molar-refractivity contribution >= 4 is 23.9 Å². The maximum atomic E-state index is 14.9. The number of esters is 4. The summed E-state index contributed by atoms with van der Waals surface area (Å²) in [6.45, 7) is -0.954. The second kappa shape index (κ2) is 11.3. The lowest BCUT2D eigenvalue weighted by atomic mass is 9.72. The van der Waals surface area contributed by atoms with Gasteiger partial charge in [-0.25, -0.2) is 19.2 Å². The van der Waals surface area contributed by atoms with E-state index >= 15 is 0 Å². The number of hydrogen-bond acceptors (Lipinski definition) is 8. The highest BCUT2D eigenvalue weighted by atomic mass is 19.4. The summed E-state index contributed by atoms with van der Waals surface area (Å²) in [6, 6.07) is 15.0. The molecule has 0 saturated heterocycles. The number of carbonyl (C=O) groups is 4. The maximum absolute atomic E-state index is 14.9. The van der Waals surface area contributed by atoms with Gasteiger partial charge in [0.2, 0.25) is 5.41 Å². The van der Waals surface area contributed by atoms with Crippen molar-refractivity contribution in [1.82, 2.24) is 0 Å². The highest BCUT2D eigenvalue weighted by Gasteiger charge is 2.72. The average Bonchev–Trinajstić information content (AvgIpc) is 3.46. The van der Waals surface area contributed by atoms with Crippen molar-refractivity contribution in [3.8, 4) is 11.5 Å². The van der Waals surface area contributed by atoms with Crippen LogP contribution in [0.25, 0.3) is 0 Å². The van der Waals surface area contributed by atoms with Gasteiger partial charge in [-0.2, -0.15) is 26.3 Å².